The maximum Gasteiger partial charge on any atom is 0.343 e. The smallest absolute Gasteiger partial charge is 0.343 e. The molecule has 0 heterocycles. The van der Waals surface area contributed by atoms with Gasteiger partial charge in [-0.2, -0.15) is 0 Å². The number of carbonyl (C=O) groups excluding carboxylic acids is 1. The Hall–Kier alpha value is -2.60. The summed E-state index contributed by atoms with van der Waals surface area (Å²) in [5, 5.41) is 0. The molecule has 2 aromatic carbocycles. The molecule has 0 saturated carbocycles. The fraction of sp³-hybridized carbons (Fsp3) is 0.263. The number of carbonyl (C=O) groups is 1. The Morgan fingerprint density at radius 2 is 1.73 bits per heavy atom. The van der Waals surface area contributed by atoms with Crippen molar-refractivity contribution in [3.8, 4) is 5.75 Å². The van der Waals surface area contributed by atoms with Crippen molar-refractivity contribution in [1.82, 2.24) is 0 Å². The van der Waals surface area contributed by atoms with Crippen molar-refractivity contribution < 1.29 is 9.53 Å². The molecule has 0 aliphatic rings. The van der Waals surface area contributed by atoms with Crippen LogP contribution >= 0.6 is 0 Å². The van der Waals surface area contributed by atoms with Gasteiger partial charge in [-0.1, -0.05) is 56.2 Å². The minimum Gasteiger partial charge on any atom is -0.423 e. The van der Waals surface area contributed by atoms with Crippen LogP contribution in [0.2, 0.25) is 0 Å². The lowest BCUT2D eigenvalue weighted by Gasteiger charge is -2.06. The molecule has 0 N–H and O–H groups in total. The summed E-state index contributed by atoms with van der Waals surface area (Å²) in [5.41, 5.74) is 2.21. The predicted molar refractivity (Wildman–Crippen MR) is 87.3 cm³/mol. The summed E-state index contributed by atoms with van der Waals surface area (Å²) < 4.78 is 5.34. The lowest BCUT2D eigenvalue weighted by atomic mass is 10.1. The van der Waals surface area contributed by atoms with E-state index in [0.29, 0.717) is 17.0 Å². The third-order valence-corrected chi connectivity index (χ3v) is 3.44. The predicted octanol–water partition coefficient (Wildman–Crippen LogP) is 5.19. The van der Waals surface area contributed by atoms with Crippen LogP contribution in [0.25, 0.3) is 4.85 Å². The highest BCUT2D eigenvalue weighted by molar-refractivity contribution is 5.91. The molecule has 3 heteroatoms. The Morgan fingerprint density at radius 3 is 2.32 bits per heavy atom. The molecular weight excluding hydrogens is 274 g/mol. The molecule has 0 atom stereocenters. The van der Waals surface area contributed by atoms with Crippen molar-refractivity contribution in [2.75, 3.05) is 0 Å². The minimum absolute atomic E-state index is 0.407. The van der Waals surface area contributed by atoms with E-state index in [1.165, 1.54) is 24.8 Å². The number of rotatable bonds is 6. The molecule has 0 spiro atoms. The van der Waals surface area contributed by atoms with Crippen molar-refractivity contribution in [2.45, 2.75) is 32.6 Å². The molecule has 0 unspecified atom stereocenters. The summed E-state index contributed by atoms with van der Waals surface area (Å²) in [5.74, 6) is 0.133. The third-order valence-electron chi connectivity index (χ3n) is 3.44. The molecule has 0 saturated heterocycles. The molecule has 0 aromatic heterocycles. The summed E-state index contributed by atoms with van der Waals surface area (Å²) in [6, 6.07) is 14.1. The van der Waals surface area contributed by atoms with Crippen LogP contribution in [-0.4, -0.2) is 5.97 Å². The van der Waals surface area contributed by atoms with Gasteiger partial charge in [-0.25, -0.2) is 9.64 Å². The Morgan fingerprint density at radius 1 is 1.05 bits per heavy atom. The maximum absolute atomic E-state index is 12.0. The van der Waals surface area contributed by atoms with Crippen LogP contribution < -0.4 is 4.74 Å². The molecular formula is C19H19NO2. The molecule has 0 fully saturated rings. The highest BCUT2D eigenvalue weighted by Gasteiger charge is 2.08. The second-order valence-corrected chi connectivity index (χ2v) is 5.15. The number of unbranched alkanes of at least 4 members (excludes halogenated alkanes) is 2. The first-order valence-electron chi connectivity index (χ1n) is 7.51. The van der Waals surface area contributed by atoms with Crippen molar-refractivity contribution in [3.05, 3.63) is 71.1 Å². The zero-order valence-corrected chi connectivity index (χ0v) is 12.7. The monoisotopic (exact) mass is 293 g/mol. The van der Waals surface area contributed by atoms with Crippen molar-refractivity contribution in [3.63, 3.8) is 0 Å². The lowest BCUT2D eigenvalue weighted by molar-refractivity contribution is 0.0735. The van der Waals surface area contributed by atoms with E-state index in [4.69, 9.17) is 11.3 Å². The average molecular weight is 293 g/mol. The van der Waals surface area contributed by atoms with Gasteiger partial charge in [0, 0.05) is 0 Å². The van der Waals surface area contributed by atoms with E-state index < -0.39 is 5.97 Å². The number of hydrogen-bond donors (Lipinski definition) is 0. The summed E-state index contributed by atoms with van der Waals surface area (Å²) >= 11 is 0. The summed E-state index contributed by atoms with van der Waals surface area (Å²) in [4.78, 5) is 15.3. The average Bonchev–Trinajstić information content (AvgIpc) is 2.57. The minimum atomic E-state index is -0.407. The van der Waals surface area contributed by atoms with Gasteiger partial charge in [0.1, 0.15) is 5.75 Å². The first-order chi connectivity index (χ1) is 10.7. The van der Waals surface area contributed by atoms with Crippen LogP contribution in [0.15, 0.2) is 48.5 Å². The summed E-state index contributed by atoms with van der Waals surface area (Å²) in [6.07, 6.45) is 4.68. The fourth-order valence-electron chi connectivity index (χ4n) is 2.14. The van der Waals surface area contributed by atoms with Gasteiger partial charge >= 0.3 is 5.97 Å². The SMILES string of the molecule is [C-]#[N+]c1ccc(C(=O)Oc2ccc(CCCCC)cc2)cc1. The second kappa shape index (κ2) is 7.99. The number of benzene rings is 2. The maximum atomic E-state index is 12.0. The van der Waals surface area contributed by atoms with E-state index in [0.717, 1.165) is 6.42 Å². The van der Waals surface area contributed by atoms with Crippen molar-refractivity contribution in [2.24, 2.45) is 0 Å². The Bertz CT molecular complexity index is 651. The fourth-order valence-corrected chi connectivity index (χ4v) is 2.14. The topological polar surface area (TPSA) is 30.7 Å². The third kappa shape index (κ3) is 4.46. The van der Waals surface area contributed by atoms with Crippen LogP contribution in [0.1, 0.15) is 42.1 Å². The molecule has 0 amide bonds. The van der Waals surface area contributed by atoms with E-state index in [1.807, 2.05) is 24.3 Å². The first kappa shape index (κ1) is 15.8. The van der Waals surface area contributed by atoms with Crippen LogP contribution in [0.3, 0.4) is 0 Å². The van der Waals surface area contributed by atoms with Gasteiger partial charge in [0.15, 0.2) is 5.69 Å². The quantitative estimate of drug-likeness (QED) is 0.317. The Kier molecular flexibility index (Phi) is 5.73. The molecule has 0 bridgehead atoms. The van der Waals surface area contributed by atoms with E-state index in [9.17, 15) is 4.79 Å². The van der Waals surface area contributed by atoms with Gasteiger partial charge in [-0.15, -0.1) is 0 Å². The molecule has 112 valence electrons. The number of aryl methyl sites for hydroxylation is 1. The highest BCUT2D eigenvalue weighted by Crippen LogP contribution is 2.17. The van der Waals surface area contributed by atoms with E-state index >= 15 is 0 Å². The Balaban J connectivity index is 1.94. The van der Waals surface area contributed by atoms with Gasteiger partial charge in [-0.05, 0) is 30.5 Å². The number of hydrogen-bond acceptors (Lipinski definition) is 2. The van der Waals surface area contributed by atoms with Gasteiger partial charge in [0.25, 0.3) is 0 Å². The largest absolute Gasteiger partial charge is 0.423 e. The van der Waals surface area contributed by atoms with Crippen LogP contribution in [0.4, 0.5) is 5.69 Å². The number of nitrogens with zero attached hydrogens (tertiary/aromatic N) is 1. The molecule has 3 nitrogen and oxygen atoms in total. The molecule has 2 aromatic rings. The second-order valence-electron chi connectivity index (χ2n) is 5.15. The molecule has 0 aliphatic heterocycles. The van der Waals surface area contributed by atoms with Gasteiger partial charge in [0.2, 0.25) is 0 Å². The Labute approximate surface area is 131 Å². The van der Waals surface area contributed by atoms with Crippen molar-refractivity contribution >= 4 is 11.7 Å². The van der Waals surface area contributed by atoms with Crippen molar-refractivity contribution in [1.29, 1.82) is 0 Å². The van der Waals surface area contributed by atoms with Gasteiger partial charge < -0.3 is 4.74 Å². The van der Waals surface area contributed by atoms with Crippen LogP contribution in [0, 0.1) is 6.57 Å². The molecule has 2 rings (SSSR count). The number of esters is 1. The molecule has 22 heavy (non-hydrogen) atoms. The zero-order chi connectivity index (χ0) is 15.8. The van der Waals surface area contributed by atoms with Crippen LogP contribution in [-0.2, 0) is 6.42 Å². The first-order valence-corrected chi connectivity index (χ1v) is 7.51. The van der Waals surface area contributed by atoms with E-state index in [1.54, 1.807) is 24.3 Å². The summed E-state index contributed by atoms with van der Waals surface area (Å²) in [6.45, 7) is 9.08. The molecule has 0 radical (unpaired) electrons. The highest BCUT2D eigenvalue weighted by atomic mass is 16.5. The standard InChI is InChI=1S/C19H19NO2/c1-3-4-5-6-15-7-13-18(14-8-15)22-19(21)16-9-11-17(20-2)12-10-16/h7-14H,3-6H2,1H3. The summed E-state index contributed by atoms with van der Waals surface area (Å²) in [7, 11) is 0. The lowest BCUT2D eigenvalue weighted by Crippen LogP contribution is -2.08. The normalized spacial score (nSPS) is 10.0. The zero-order valence-electron chi connectivity index (χ0n) is 12.7. The van der Waals surface area contributed by atoms with E-state index in [2.05, 4.69) is 11.8 Å². The number of ether oxygens (including phenoxy) is 1. The van der Waals surface area contributed by atoms with Gasteiger partial charge in [-0.3, -0.25) is 0 Å². The van der Waals surface area contributed by atoms with E-state index in [-0.39, 0.29) is 0 Å². The van der Waals surface area contributed by atoms with Gasteiger partial charge in [0.05, 0.1) is 12.1 Å². The van der Waals surface area contributed by atoms with Crippen LogP contribution in [0.5, 0.6) is 5.75 Å². The molecule has 0 aliphatic carbocycles.